The Morgan fingerprint density at radius 2 is 1.80 bits per heavy atom. The zero-order valence-electron chi connectivity index (χ0n) is 10.8. The SMILES string of the molecule is O=C(O)C1(NS(=O)(=O)Cc2ccc(Cl)cc2)CCCC1. The largest absolute Gasteiger partial charge is 0.480 e. The Morgan fingerprint density at radius 3 is 2.30 bits per heavy atom. The Balaban J connectivity index is 2.14. The van der Waals surface area contributed by atoms with E-state index in [-0.39, 0.29) is 5.75 Å². The van der Waals surface area contributed by atoms with E-state index in [0.717, 1.165) is 12.8 Å². The van der Waals surface area contributed by atoms with Gasteiger partial charge in [0.25, 0.3) is 0 Å². The van der Waals surface area contributed by atoms with Gasteiger partial charge in [-0.25, -0.2) is 8.42 Å². The number of halogens is 1. The molecule has 0 unspecified atom stereocenters. The van der Waals surface area contributed by atoms with Gasteiger partial charge in [-0.05, 0) is 30.5 Å². The van der Waals surface area contributed by atoms with Crippen LogP contribution in [-0.4, -0.2) is 25.0 Å². The molecular formula is C13H16ClNO4S. The van der Waals surface area contributed by atoms with E-state index in [9.17, 15) is 18.3 Å². The highest BCUT2D eigenvalue weighted by atomic mass is 35.5. The molecule has 1 aliphatic carbocycles. The number of carbonyl (C=O) groups is 1. The van der Waals surface area contributed by atoms with Crippen molar-refractivity contribution in [1.82, 2.24) is 4.72 Å². The molecular weight excluding hydrogens is 302 g/mol. The van der Waals surface area contributed by atoms with E-state index < -0.39 is 21.5 Å². The van der Waals surface area contributed by atoms with Crippen molar-refractivity contribution < 1.29 is 18.3 Å². The molecule has 0 aromatic heterocycles. The van der Waals surface area contributed by atoms with Crippen LogP contribution in [0, 0.1) is 0 Å². The van der Waals surface area contributed by atoms with E-state index in [1.54, 1.807) is 24.3 Å². The molecule has 1 saturated carbocycles. The summed E-state index contributed by atoms with van der Waals surface area (Å²) in [5, 5.41) is 9.81. The fourth-order valence-electron chi connectivity index (χ4n) is 2.47. The van der Waals surface area contributed by atoms with Crippen LogP contribution >= 0.6 is 11.6 Å². The van der Waals surface area contributed by atoms with Crippen molar-refractivity contribution in [3.05, 3.63) is 34.9 Å². The third kappa shape index (κ3) is 3.50. The summed E-state index contributed by atoms with van der Waals surface area (Å²) in [5.74, 6) is -1.35. The van der Waals surface area contributed by atoms with Crippen LogP contribution in [0.5, 0.6) is 0 Å². The molecule has 20 heavy (non-hydrogen) atoms. The Morgan fingerprint density at radius 1 is 1.25 bits per heavy atom. The van der Waals surface area contributed by atoms with Crippen molar-refractivity contribution in [3.63, 3.8) is 0 Å². The fourth-order valence-corrected chi connectivity index (χ4v) is 4.19. The summed E-state index contributed by atoms with van der Waals surface area (Å²) in [5.41, 5.74) is -0.772. The van der Waals surface area contributed by atoms with Crippen LogP contribution in [0.1, 0.15) is 31.2 Å². The molecule has 0 radical (unpaired) electrons. The van der Waals surface area contributed by atoms with Crippen LogP contribution in [-0.2, 0) is 20.6 Å². The van der Waals surface area contributed by atoms with Crippen LogP contribution in [0.2, 0.25) is 5.02 Å². The predicted octanol–water partition coefficient (Wildman–Crippen LogP) is 2.16. The lowest BCUT2D eigenvalue weighted by Gasteiger charge is -2.25. The van der Waals surface area contributed by atoms with Crippen LogP contribution in [0.25, 0.3) is 0 Å². The average molecular weight is 318 g/mol. The highest BCUT2D eigenvalue weighted by molar-refractivity contribution is 7.88. The van der Waals surface area contributed by atoms with Crippen LogP contribution in [0.4, 0.5) is 0 Å². The molecule has 0 saturated heterocycles. The van der Waals surface area contributed by atoms with Gasteiger partial charge in [0.2, 0.25) is 10.0 Å². The minimum Gasteiger partial charge on any atom is -0.480 e. The Kier molecular flexibility index (Phi) is 4.36. The predicted molar refractivity (Wildman–Crippen MR) is 76.0 cm³/mol. The van der Waals surface area contributed by atoms with E-state index in [1.165, 1.54) is 0 Å². The minimum atomic E-state index is -3.71. The van der Waals surface area contributed by atoms with Crippen molar-refractivity contribution in [1.29, 1.82) is 0 Å². The van der Waals surface area contributed by atoms with Gasteiger partial charge in [0, 0.05) is 5.02 Å². The maximum Gasteiger partial charge on any atom is 0.324 e. The maximum atomic E-state index is 12.1. The molecule has 0 spiro atoms. The van der Waals surface area contributed by atoms with Gasteiger partial charge in [-0.3, -0.25) is 4.79 Å². The average Bonchev–Trinajstić information content (AvgIpc) is 2.81. The quantitative estimate of drug-likeness (QED) is 0.871. The van der Waals surface area contributed by atoms with Crippen LogP contribution < -0.4 is 4.72 Å². The fraction of sp³-hybridized carbons (Fsp3) is 0.462. The van der Waals surface area contributed by atoms with Crippen molar-refractivity contribution >= 4 is 27.6 Å². The second-order valence-corrected chi connectivity index (χ2v) is 7.24. The smallest absolute Gasteiger partial charge is 0.324 e. The number of hydrogen-bond donors (Lipinski definition) is 2. The zero-order valence-corrected chi connectivity index (χ0v) is 12.4. The molecule has 1 aromatic carbocycles. The molecule has 0 aliphatic heterocycles. The molecule has 0 amide bonds. The second-order valence-electron chi connectivity index (χ2n) is 5.08. The summed E-state index contributed by atoms with van der Waals surface area (Å²) >= 11 is 5.74. The number of benzene rings is 1. The van der Waals surface area contributed by atoms with Crippen molar-refractivity contribution in [2.24, 2.45) is 0 Å². The Hall–Kier alpha value is -1.11. The van der Waals surface area contributed by atoms with E-state index >= 15 is 0 Å². The minimum absolute atomic E-state index is 0.251. The van der Waals surface area contributed by atoms with Crippen LogP contribution in [0.3, 0.4) is 0 Å². The molecule has 2 rings (SSSR count). The lowest BCUT2D eigenvalue weighted by molar-refractivity contribution is -0.143. The van der Waals surface area contributed by atoms with Gasteiger partial charge in [-0.2, -0.15) is 4.72 Å². The molecule has 1 aliphatic rings. The first-order valence-electron chi connectivity index (χ1n) is 6.32. The number of hydrogen-bond acceptors (Lipinski definition) is 3. The van der Waals surface area contributed by atoms with Crippen molar-refractivity contribution in [3.8, 4) is 0 Å². The van der Waals surface area contributed by atoms with E-state index in [0.29, 0.717) is 23.4 Å². The highest BCUT2D eigenvalue weighted by Crippen LogP contribution is 2.31. The van der Waals surface area contributed by atoms with Gasteiger partial charge in [-0.15, -0.1) is 0 Å². The zero-order chi connectivity index (χ0) is 14.8. The third-order valence-corrected chi connectivity index (χ3v) is 5.15. The molecule has 0 heterocycles. The Labute approximate surface area is 123 Å². The van der Waals surface area contributed by atoms with Gasteiger partial charge in [0.15, 0.2) is 0 Å². The molecule has 0 bridgehead atoms. The maximum absolute atomic E-state index is 12.1. The summed E-state index contributed by atoms with van der Waals surface area (Å²) in [6.45, 7) is 0. The first-order valence-corrected chi connectivity index (χ1v) is 8.36. The molecule has 1 aromatic rings. The molecule has 110 valence electrons. The van der Waals surface area contributed by atoms with Crippen LogP contribution in [0.15, 0.2) is 24.3 Å². The number of carboxylic acid groups (broad SMARTS) is 1. The Bertz CT molecular complexity index is 591. The third-order valence-electron chi connectivity index (χ3n) is 3.49. The number of aliphatic carboxylic acids is 1. The number of carboxylic acids is 1. The van der Waals surface area contributed by atoms with Crippen molar-refractivity contribution in [2.45, 2.75) is 37.0 Å². The molecule has 5 nitrogen and oxygen atoms in total. The highest BCUT2D eigenvalue weighted by Gasteiger charge is 2.44. The summed E-state index contributed by atoms with van der Waals surface area (Å²) in [4.78, 5) is 11.4. The molecule has 2 N–H and O–H groups in total. The lowest BCUT2D eigenvalue weighted by atomic mass is 10.0. The monoisotopic (exact) mass is 317 g/mol. The number of nitrogens with one attached hydrogen (secondary N) is 1. The van der Waals surface area contributed by atoms with Gasteiger partial charge in [-0.1, -0.05) is 36.6 Å². The van der Waals surface area contributed by atoms with Gasteiger partial charge >= 0.3 is 5.97 Å². The topological polar surface area (TPSA) is 83.5 Å². The summed E-state index contributed by atoms with van der Waals surface area (Å²) in [6.07, 6.45) is 2.11. The first-order chi connectivity index (χ1) is 9.33. The lowest BCUT2D eigenvalue weighted by Crippen LogP contribution is -2.52. The van der Waals surface area contributed by atoms with Gasteiger partial charge < -0.3 is 5.11 Å². The molecule has 7 heteroatoms. The van der Waals surface area contributed by atoms with Crippen molar-refractivity contribution in [2.75, 3.05) is 0 Å². The normalized spacial score (nSPS) is 18.1. The first kappa shape index (κ1) is 15.3. The van der Waals surface area contributed by atoms with Gasteiger partial charge in [0.05, 0.1) is 5.75 Å². The van der Waals surface area contributed by atoms with E-state index in [2.05, 4.69) is 4.72 Å². The number of rotatable bonds is 5. The molecule has 0 atom stereocenters. The standard InChI is InChI=1S/C13H16ClNO4S/c14-11-5-3-10(4-6-11)9-20(18,19)15-13(12(16)17)7-1-2-8-13/h3-6,15H,1-2,7-9H2,(H,16,17). The molecule has 1 fully saturated rings. The summed E-state index contributed by atoms with van der Waals surface area (Å²) < 4.78 is 26.7. The number of sulfonamides is 1. The van der Waals surface area contributed by atoms with E-state index in [4.69, 9.17) is 11.6 Å². The van der Waals surface area contributed by atoms with E-state index in [1.807, 2.05) is 0 Å². The summed E-state index contributed by atoms with van der Waals surface area (Å²) in [6, 6.07) is 6.44. The summed E-state index contributed by atoms with van der Waals surface area (Å²) in [7, 11) is -3.71. The second kappa shape index (κ2) is 5.71. The van der Waals surface area contributed by atoms with Gasteiger partial charge in [0.1, 0.15) is 5.54 Å².